The number of benzene rings is 1. The molecule has 1 heterocycles. The number of primary amides is 2. The largest absolute Gasteiger partial charge is 0.492 e. The van der Waals surface area contributed by atoms with Crippen LogP contribution in [0.5, 0.6) is 5.75 Å². The second kappa shape index (κ2) is 7.32. The van der Waals surface area contributed by atoms with Crippen molar-refractivity contribution in [2.45, 2.75) is 0 Å². The zero-order valence-corrected chi connectivity index (χ0v) is 12.7. The Kier molecular flexibility index (Phi) is 5.21. The molecule has 7 N–H and O–H groups in total. The van der Waals surface area contributed by atoms with Gasteiger partial charge >= 0.3 is 6.03 Å². The topological polar surface area (TPSA) is 135 Å². The van der Waals surface area contributed by atoms with E-state index in [0.29, 0.717) is 24.6 Å². The summed E-state index contributed by atoms with van der Waals surface area (Å²) in [4.78, 5) is 25.5. The Labute approximate surface area is 133 Å². The number of nitrogens with one attached hydrogen (secondary N) is 3. The monoisotopic (exact) mass is 317 g/mol. The van der Waals surface area contributed by atoms with E-state index in [1.54, 1.807) is 6.07 Å². The summed E-state index contributed by atoms with van der Waals surface area (Å²) in [5, 5.41) is 5.34. The molecule has 8 nitrogen and oxygen atoms in total. The number of carbonyl (C=O) groups excluding carboxylic acids is 2. The molecule has 0 radical (unpaired) electrons. The van der Waals surface area contributed by atoms with E-state index in [9.17, 15) is 9.59 Å². The lowest BCUT2D eigenvalue weighted by Crippen LogP contribution is -2.22. The number of hydrogen-bond donors (Lipinski definition) is 5. The van der Waals surface area contributed by atoms with E-state index in [-0.39, 0.29) is 11.4 Å². The van der Waals surface area contributed by atoms with E-state index in [1.165, 1.54) is 0 Å². The molecule has 0 saturated carbocycles. The highest BCUT2D eigenvalue weighted by molar-refractivity contribution is 6.03. The highest BCUT2D eigenvalue weighted by atomic mass is 16.5. The molecule has 0 aliphatic rings. The smallest absolute Gasteiger partial charge is 0.317 e. The lowest BCUT2D eigenvalue weighted by Gasteiger charge is -2.10. The Morgan fingerprint density at radius 3 is 2.65 bits per heavy atom. The van der Waals surface area contributed by atoms with Gasteiger partial charge in [0.25, 0.3) is 5.91 Å². The van der Waals surface area contributed by atoms with Crippen LogP contribution < -0.4 is 26.8 Å². The second-order valence-electron chi connectivity index (χ2n) is 4.77. The van der Waals surface area contributed by atoms with Gasteiger partial charge in [-0.3, -0.25) is 10.1 Å². The first kappa shape index (κ1) is 16.4. The summed E-state index contributed by atoms with van der Waals surface area (Å²) < 4.78 is 5.71. The van der Waals surface area contributed by atoms with Crippen molar-refractivity contribution in [1.82, 2.24) is 10.3 Å². The highest BCUT2D eigenvalue weighted by Gasteiger charge is 2.17. The zero-order chi connectivity index (χ0) is 16.8. The van der Waals surface area contributed by atoms with Crippen molar-refractivity contribution in [3.8, 4) is 17.0 Å². The number of H-pyrrole nitrogens is 1. The fraction of sp³-hybridized carbons (Fsp3) is 0.200. The van der Waals surface area contributed by atoms with Crippen molar-refractivity contribution in [1.29, 1.82) is 0 Å². The van der Waals surface area contributed by atoms with E-state index in [0.717, 1.165) is 5.56 Å². The number of likely N-dealkylation sites (N-methyl/N-ethyl adjacent to an activating group) is 1. The Bertz CT molecular complexity index is 711. The normalized spacial score (nSPS) is 10.3. The van der Waals surface area contributed by atoms with Crippen LogP contribution in [0.25, 0.3) is 11.3 Å². The number of ether oxygens (including phenoxy) is 1. The zero-order valence-electron chi connectivity index (χ0n) is 12.7. The van der Waals surface area contributed by atoms with Crippen LogP contribution in [0.15, 0.2) is 30.3 Å². The number of aromatic nitrogens is 1. The average Bonchev–Trinajstić information content (AvgIpc) is 2.91. The fourth-order valence-corrected chi connectivity index (χ4v) is 2.09. The second-order valence-corrected chi connectivity index (χ2v) is 4.77. The van der Waals surface area contributed by atoms with Crippen LogP contribution in [0.2, 0.25) is 0 Å². The van der Waals surface area contributed by atoms with Crippen LogP contribution >= 0.6 is 0 Å². The van der Waals surface area contributed by atoms with Gasteiger partial charge in [-0.25, -0.2) is 4.79 Å². The molecule has 0 spiro atoms. The maximum absolute atomic E-state index is 11.5. The molecule has 0 bridgehead atoms. The van der Waals surface area contributed by atoms with Crippen molar-refractivity contribution >= 4 is 17.8 Å². The summed E-state index contributed by atoms with van der Waals surface area (Å²) in [5.41, 5.74) is 11.9. The van der Waals surface area contributed by atoms with Crippen LogP contribution in [0, 0.1) is 0 Å². The van der Waals surface area contributed by atoms with Gasteiger partial charge in [0, 0.05) is 12.1 Å². The fourth-order valence-electron chi connectivity index (χ4n) is 2.09. The minimum atomic E-state index is -0.792. The van der Waals surface area contributed by atoms with Crippen LogP contribution in [-0.2, 0) is 0 Å². The maximum atomic E-state index is 11.5. The molecule has 8 heteroatoms. The lowest BCUT2D eigenvalue weighted by molar-refractivity contribution is 0.100. The summed E-state index contributed by atoms with van der Waals surface area (Å²) >= 11 is 0. The number of anilines is 1. The van der Waals surface area contributed by atoms with Gasteiger partial charge in [-0.15, -0.1) is 0 Å². The van der Waals surface area contributed by atoms with Crippen LogP contribution in [0.1, 0.15) is 10.4 Å². The van der Waals surface area contributed by atoms with Crippen molar-refractivity contribution in [3.05, 3.63) is 35.9 Å². The summed E-state index contributed by atoms with van der Waals surface area (Å²) in [7, 11) is 1.83. The molecular weight excluding hydrogens is 298 g/mol. The standard InChI is InChI=1S/C15H19N5O3/c1-18-6-7-23-12-5-3-2-4-9(12)11-8-10(13(16)21)14(19-11)20-15(17)22/h2-5,8,18-19H,6-7H2,1H3,(H2,16,21)(H3,17,20,22). The summed E-state index contributed by atoms with van der Waals surface area (Å²) in [6, 6.07) is 8.09. The van der Waals surface area contributed by atoms with Gasteiger partial charge in [0.1, 0.15) is 18.2 Å². The minimum Gasteiger partial charge on any atom is -0.492 e. The Morgan fingerprint density at radius 1 is 1.26 bits per heavy atom. The first-order chi connectivity index (χ1) is 11.0. The molecule has 2 rings (SSSR count). The van der Waals surface area contributed by atoms with E-state index >= 15 is 0 Å². The molecule has 0 fully saturated rings. The number of carbonyl (C=O) groups is 2. The number of amides is 3. The molecule has 0 aliphatic carbocycles. The van der Waals surface area contributed by atoms with Gasteiger partial charge in [0.05, 0.1) is 11.3 Å². The van der Waals surface area contributed by atoms with Crippen molar-refractivity contribution in [3.63, 3.8) is 0 Å². The molecule has 1 aromatic heterocycles. The molecular formula is C15H19N5O3. The van der Waals surface area contributed by atoms with Crippen LogP contribution in [0.3, 0.4) is 0 Å². The van der Waals surface area contributed by atoms with Gasteiger partial charge in [-0.2, -0.15) is 0 Å². The highest BCUT2D eigenvalue weighted by Crippen LogP contribution is 2.32. The van der Waals surface area contributed by atoms with Crippen molar-refractivity contribution < 1.29 is 14.3 Å². The molecule has 0 saturated heterocycles. The third kappa shape index (κ3) is 4.01. The van der Waals surface area contributed by atoms with E-state index in [4.69, 9.17) is 16.2 Å². The molecule has 0 atom stereocenters. The Balaban J connectivity index is 2.38. The summed E-state index contributed by atoms with van der Waals surface area (Å²) in [6.07, 6.45) is 0. The van der Waals surface area contributed by atoms with Crippen LogP contribution in [-0.4, -0.2) is 37.1 Å². The lowest BCUT2D eigenvalue weighted by atomic mass is 10.1. The molecule has 0 aliphatic heterocycles. The van der Waals surface area contributed by atoms with Gasteiger partial charge in [-0.1, -0.05) is 12.1 Å². The first-order valence-electron chi connectivity index (χ1n) is 6.99. The third-order valence-electron chi connectivity index (χ3n) is 3.12. The van der Waals surface area contributed by atoms with Crippen molar-refractivity contribution in [2.75, 3.05) is 25.5 Å². The molecule has 122 valence electrons. The van der Waals surface area contributed by atoms with Gasteiger partial charge in [0.2, 0.25) is 0 Å². The van der Waals surface area contributed by atoms with E-state index in [1.807, 2.05) is 31.3 Å². The molecule has 0 unspecified atom stereocenters. The number of nitrogens with two attached hydrogens (primary N) is 2. The van der Waals surface area contributed by atoms with Gasteiger partial charge < -0.3 is 26.5 Å². The quantitative estimate of drug-likeness (QED) is 0.484. The molecule has 2 aromatic rings. The van der Waals surface area contributed by atoms with E-state index in [2.05, 4.69) is 15.6 Å². The first-order valence-corrected chi connectivity index (χ1v) is 6.99. The third-order valence-corrected chi connectivity index (χ3v) is 3.12. The predicted molar refractivity (Wildman–Crippen MR) is 87.4 cm³/mol. The maximum Gasteiger partial charge on any atom is 0.317 e. The van der Waals surface area contributed by atoms with Gasteiger partial charge in [-0.05, 0) is 25.2 Å². The molecule has 1 aromatic carbocycles. The van der Waals surface area contributed by atoms with E-state index < -0.39 is 11.9 Å². The number of urea groups is 1. The Morgan fingerprint density at radius 2 is 2.00 bits per heavy atom. The van der Waals surface area contributed by atoms with Crippen molar-refractivity contribution in [2.24, 2.45) is 11.5 Å². The predicted octanol–water partition coefficient (Wildman–Crippen LogP) is 0.869. The number of hydrogen-bond acceptors (Lipinski definition) is 4. The number of para-hydroxylation sites is 1. The molecule has 3 amide bonds. The average molecular weight is 317 g/mol. The van der Waals surface area contributed by atoms with Crippen LogP contribution in [0.4, 0.5) is 10.6 Å². The van der Waals surface area contributed by atoms with Gasteiger partial charge in [0.15, 0.2) is 0 Å². The summed E-state index contributed by atoms with van der Waals surface area (Å²) in [5.74, 6) is 0.125. The number of rotatable bonds is 7. The minimum absolute atomic E-state index is 0.142. The summed E-state index contributed by atoms with van der Waals surface area (Å²) in [6.45, 7) is 1.18. The molecule has 23 heavy (non-hydrogen) atoms. The number of aromatic amines is 1. The Hall–Kier alpha value is -3.00. The SMILES string of the molecule is CNCCOc1ccccc1-c1cc(C(N)=O)c(NC(N)=O)[nH]1.